The highest BCUT2D eigenvalue weighted by Gasteiger charge is 2.12. The van der Waals surface area contributed by atoms with E-state index in [1.807, 2.05) is 0 Å². The largest absolute Gasteiger partial charge is 0.497 e. The van der Waals surface area contributed by atoms with Crippen LogP contribution in [0.25, 0.3) is 6.08 Å². The fraction of sp³-hybridized carbons (Fsp3) is 0.100. The molecular weight excluding hydrogens is 196 g/mol. The first kappa shape index (κ1) is 10.7. The van der Waals surface area contributed by atoms with Crippen molar-refractivity contribution in [1.29, 1.82) is 5.26 Å². The fourth-order valence-corrected chi connectivity index (χ4v) is 1.08. The number of allylic oxidation sites excluding steroid dienone is 1. The van der Waals surface area contributed by atoms with Crippen molar-refractivity contribution in [2.75, 3.05) is 7.11 Å². The number of rotatable bonds is 3. The lowest BCUT2D eigenvalue weighted by molar-refractivity contribution is -0.385. The predicted molar refractivity (Wildman–Crippen MR) is 54.3 cm³/mol. The molecule has 0 aliphatic carbocycles. The summed E-state index contributed by atoms with van der Waals surface area (Å²) >= 11 is 0. The van der Waals surface area contributed by atoms with Crippen LogP contribution in [0.15, 0.2) is 24.3 Å². The molecule has 1 aromatic carbocycles. The van der Waals surface area contributed by atoms with Crippen LogP contribution < -0.4 is 4.74 Å². The molecule has 0 fully saturated rings. The average Bonchev–Trinajstić information content (AvgIpc) is 2.26. The van der Waals surface area contributed by atoms with Gasteiger partial charge in [-0.15, -0.1) is 0 Å². The molecular formula is C10H8N2O3. The molecule has 0 radical (unpaired) electrons. The van der Waals surface area contributed by atoms with Crippen molar-refractivity contribution in [3.05, 3.63) is 40.0 Å². The minimum Gasteiger partial charge on any atom is -0.497 e. The summed E-state index contributed by atoms with van der Waals surface area (Å²) in [5.74, 6) is 0.413. The molecule has 0 aliphatic heterocycles. The summed E-state index contributed by atoms with van der Waals surface area (Å²) in [6, 6.07) is 6.23. The second-order valence-corrected chi connectivity index (χ2v) is 2.64. The van der Waals surface area contributed by atoms with Crippen molar-refractivity contribution >= 4 is 11.8 Å². The number of nitriles is 1. The van der Waals surface area contributed by atoms with Gasteiger partial charge in [-0.2, -0.15) is 5.26 Å². The van der Waals surface area contributed by atoms with Crippen LogP contribution in [0.2, 0.25) is 0 Å². The zero-order chi connectivity index (χ0) is 11.3. The third kappa shape index (κ3) is 2.54. The van der Waals surface area contributed by atoms with E-state index in [0.29, 0.717) is 11.3 Å². The number of methoxy groups -OCH3 is 1. The monoisotopic (exact) mass is 204 g/mol. The van der Waals surface area contributed by atoms with E-state index in [1.54, 1.807) is 12.1 Å². The smallest absolute Gasteiger partial charge is 0.280 e. The number of ether oxygens (including phenoxy) is 1. The lowest BCUT2D eigenvalue weighted by atomic mass is 10.1. The number of nitro groups is 1. The van der Waals surface area contributed by atoms with Gasteiger partial charge in [0.05, 0.1) is 29.7 Å². The molecule has 1 rings (SSSR count). The molecule has 15 heavy (non-hydrogen) atoms. The normalized spacial score (nSPS) is 9.87. The summed E-state index contributed by atoms with van der Waals surface area (Å²) in [6.07, 6.45) is 2.58. The number of hydrogen-bond acceptors (Lipinski definition) is 4. The third-order valence-electron chi connectivity index (χ3n) is 1.77. The van der Waals surface area contributed by atoms with Crippen molar-refractivity contribution in [1.82, 2.24) is 0 Å². The van der Waals surface area contributed by atoms with E-state index in [0.717, 1.165) is 0 Å². The second kappa shape index (κ2) is 4.77. The zero-order valence-electron chi connectivity index (χ0n) is 8.01. The summed E-state index contributed by atoms with van der Waals surface area (Å²) in [7, 11) is 1.43. The summed E-state index contributed by atoms with van der Waals surface area (Å²) in [5, 5.41) is 19.0. The van der Waals surface area contributed by atoms with Crippen molar-refractivity contribution in [3.8, 4) is 11.8 Å². The minimum atomic E-state index is -0.514. The highest BCUT2D eigenvalue weighted by molar-refractivity contribution is 5.63. The lowest BCUT2D eigenvalue weighted by Crippen LogP contribution is -1.92. The van der Waals surface area contributed by atoms with Crippen LogP contribution in [-0.4, -0.2) is 12.0 Å². The highest BCUT2D eigenvalue weighted by Crippen LogP contribution is 2.25. The zero-order valence-corrected chi connectivity index (χ0v) is 8.01. The van der Waals surface area contributed by atoms with Gasteiger partial charge in [0.1, 0.15) is 5.75 Å². The molecule has 0 amide bonds. The second-order valence-electron chi connectivity index (χ2n) is 2.64. The molecule has 5 nitrogen and oxygen atoms in total. The first-order valence-electron chi connectivity index (χ1n) is 4.07. The maximum Gasteiger partial charge on any atom is 0.280 e. The van der Waals surface area contributed by atoms with Crippen molar-refractivity contribution in [3.63, 3.8) is 0 Å². The Bertz CT molecular complexity index is 446. The Labute approximate surface area is 86.4 Å². The Morgan fingerprint density at radius 2 is 2.33 bits per heavy atom. The summed E-state index contributed by atoms with van der Waals surface area (Å²) in [5.41, 5.74) is 0.295. The van der Waals surface area contributed by atoms with E-state index in [1.165, 1.54) is 31.4 Å². The van der Waals surface area contributed by atoms with Gasteiger partial charge >= 0.3 is 0 Å². The summed E-state index contributed by atoms with van der Waals surface area (Å²) in [6.45, 7) is 0. The molecule has 0 unspecified atom stereocenters. The van der Waals surface area contributed by atoms with Gasteiger partial charge < -0.3 is 4.74 Å². The Hall–Kier alpha value is -2.35. The Morgan fingerprint density at radius 3 is 2.87 bits per heavy atom. The molecule has 1 aromatic rings. The number of nitrogens with zero attached hydrogens (tertiary/aromatic N) is 2. The molecule has 0 atom stereocenters. The molecule has 0 aliphatic rings. The fourth-order valence-electron chi connectivity index (χ4n) is 1.08. The van der Waals surface area contributed by atoms with Crippen molar-refractivity contribution in [2.45, 2.75) is 0 Å². The first-order valence-corrected chi connectivity index (χ1v) is 4.07. The number of benzene rings is 1. The SMILES string of the molecule is COc1ccc(C=CC#N)c([N+](=O)[O-])c1. The van der Waals surface area contributed by atoms with Gasteiger partial charge in [0.2, 0.25) is 0 Å². The van der Waals surface area contributed by atoms with E-state index in [9.17, 15) is 10.1 Å². The molecule has 0 heterocycles. The quantitative estimate of drug-likeness (QED) is 0.429. The predicted octanol–water partition coefficient (Wildman–Crippen LogP) is 2.14. The van der Waals surface area contributed by atoms with E-state index < -0.39 is 4.92 Å². The minimum absolute atomic E-state index is 0.0825. The molecule has 0 saturated carbocycles. The van der Waals surface area contributed by atoms with E-state index in [4.69, 9.17) is 10.00 Å². The Kier molecular flexibility index (Phi) is 3.41. The molecule has 0 spiro atoms. The van der Waals surface area contributed by atoms with Crippen LogP contribution in [-0.2, 0) is 0 Å². The van der Waals surface area contributed by atoms with Crippen LogP contribution in [0.1, 0.15) is 5.56 Å². The maximum absolute atomic E-state index is 10.7. The van der Waals surface area contributed by atoms with Crippen LogP contribution in [0.5, 0.6) is 5.75 Å². The van der Waals surface area contributed by atoms with Crippen LogP contribution in [0.4, 0.5) is 5.69 Å². The third-order valence-corrected chi connectivity index (χ3v) is 1.77. The standard InChI is InChI=1S/C10H8N2O3/c1-15-9-5-4-8(3-2-6-11)10(7-9)12(13)14/h2-5,7H,1H3. The average molecular weight is 204 g/mol. The van der Waals surface area contributed by atoms with Gasteiger partial charge in [-0.1, -0.05) is 0 Å². The van der Waals surface area contributed by atoms with Gasteiger partial charge in [0.15, 0.2) is 0 Å². The van der Waals surface area contributed by atoms with Crippen LogP contribution >= 0.6 is 0 Å². The summed E-state index contributed by atoms with van der Waals surface area (Å²) < 4.78 is 4.87. The van der Waals surface area contributed by atoms with Crippen LogP contribution in [0.3, 0.4) is 0 Å². The van der Waals surface area contributed by atoms with Gasteiger partial charge in [-0.25, -0.2) is 0 Å². The molecule has 0 saturated heterocycles. The number of nitro benzene ring substituents is 1. The molecule has 5 heteroatoms. The topological polar surface area (TPSA) is 76.2 Å². The Balaban J connectivity index is 3.22. The van der Waals surface area contributed by atoms with Crippen LogP contribution in [0, 0.1) is 21.4 Å². The van der Waals surface area contributed by atoms with Gasteiger partial charge in [-0.3, -0.25) is 10.1 Å². The first-order chi connectivity index (χ1) is 7.19. The molecule has 0 N–H and O–H groups in total. The van der Waals surface area contributed by atoms with Gasteiger partial charge in [0, 0.05) is 6.08 Å². The molecule has 0 aromatic heterocycles. The molecule has 0 bridgehead atoms. The van der Waals surface area contributed by atoms with Crippen molar-refractivity contribution < 1.29 is 9.66 Å². The lowest BCUT2D eigenvalue weighted by Gasteiger charge is -2.01. The van der Waals surface area contributed by atoms with Crippen molar-refractivity contribution in [2.24, 2.45) is 0 Å². The summed E-state index contributed by atoms with van der Waals surface area (Å²) in [4.78, 5) is 10.2. The number of hydrogen-bond donors (Lipinski definition) is 0. The maximum atomic E-state index is 10.7. The van der Waals surface area contributed by atoms with Gasteiger partial charge in [-0.05, 0) is 18.2 Å². The van der Waals surface area contributed by atoms with E-state index >= 15 is 0 Å². The van der Waals surface area contributed by atoms with Gasteiger partial charge in [0.25, 0.3) is 5.69 Å². The van der Waals surface area contributed by atoms with E-state index in [2.05, 4.69) is 0 Å². The Morgan fingerprint density at radius 1 is 1.60 bits per heavy atom. The van der Waals surface area contributed by atoms with E-state index in [-0.39, 0.29) is 5.69 Å². The highest BCUT2D eigenvalue weighted by atomic mass is 16.6. The molecule has 76 valence electrons.